The zero-order chi connectivity index (χ0) is 21.3. The van der Waals surface area contributed by atoms with Crippen molar-refractivity contribution in [2.45, 2.75) is 51.7 Å². The van der Waals surface area contributed by atoms with Gasteiger partial charge in [0.1, 0.15) is 6.10 Å². The molecule has 4 N–H and O–H groups in total. The van der Waals surface area contributed by atoms with Crippen molar-refractivity contribution in [1.29, 1.82) is 0 Å². The summed E-state index contributed by atoms with van der Waals surface area (Å²) in [6.07, 6.45) is 3.81. The van der Waals surface area contributed by atoms with Crippen molar-refractivity contribution in [1.82, 2.24) is 10.2 Å². The molecule has 2 aliphatic rings. The van der Waals surface area contributed by atoms with Gasteiger partial charge in [-0.15, -0.1) is 24.0 Å². The van der Waals surface area contributed by atoms with E-state index in [1.165, 1.54) is 0 Å². The third-order valence-corrected chi connectivity index (χ3v) is 5.47. The number of halogens is 1. The summed E-state index contributed by atoms with van der Waals surface area (Å²) in [6.45, 7) is 5.67. The number of primary amides is 1. The van der Waals surface area contributed by atoms with E-state index < -0.39 is 0 Å². The van der Waals surface area contributed by atoms with Gasteiger partial charge in [0, 0.05) is 38.3 Å². The molecule has 31 heavy (non-hydrogen) atoms. The number of benzene rings is 1. The third-order valence-electron chi connectivity index (χ3n) is 5.47. The molecule has 0 radical (unpaired) electrons. The van der Waals surface area contributed by atoms with Crippen molar-refractivity contribution < 1.29 is 14.3 Å². The predicted octanol–water partition coefficient (Wildman–Crippen LogP) is 2.48. The number of anilines is 1. The summed E-state index contributed by atoms with van der Waals surface area (Å²) < 4.78 is 5.45. The molecule has 1 aromatic carbocycles. The number of ether oxygens (including phenoxy) is 1. The van der Waals surface area contributed by atoms with Crippen LogP contribution in [0.4, 0.5) is 5.69 Å². The first kappa shape index (κ1) is 25.4. The Labute approximate surface area is 201 Å². The number of aliphatic imine (C=N–C) groups is 1. The van der Waals surface area contributed by atoms with E-state index in [1.807, 2.05) is 31.2 Å². The van der Waals surface area contributed by atoms with Crippen LogP contribution in [-0.4, -0.2) is 55.0 Å². The second-order valence-electron chi connectivity index (χ2n) is 7.99. The van der Waals surface area contributed by atoms with Gasteiger partial charge < -0.3 is 26.0 Å². The van der Waals surface area contributed by atoms with Gasteiger partial charge in [-0.2, -0.15) is 0 Å². The van der Waals surface area contributed by atoms with Crippen molar-refractivity contribution in [3.05, 3.63) is 29.8 Å². The summed E-state index contributed by atoms with van der Waals surface area (Å²) >= 11 is 0. The molecule has 0 spiro atoms. The molecule has 3 rings (SSSR count). The molecule has 0 saturated carbocycles. The topological polar surface area (TPSA) is 109 Å². The van der Waals surface area contributed by atoms with Gasteiger partial charge in [0.05, 0.1) is 6.54 Å². The van der Waals surface area contributed by atoms with Crippen LogP contribution < -0.4 is 16.4 Å². The van der Waals surface area contributed by atoms with E-state index in [9.17, 15) is 9.59 Å². The summed E-state index contributed by atoms with van der Waals surface area (Å²) in [7, 11) is 0. The highest BCUT2D eigenvalue weighted by Gasteiger charge is 2.24. The molecule has 2 amide bonds. The molecule has 2 saturated heterocycles. The number of carbonyl (C=O) groups excluding carboxylic acids is 2. The van der Waals surface area contributed by atoms with Gasteiger partial charge in [-0.25, -0.2) is 4.99 Å². The Hall–Kier alpha value is -1.88. The highest BCUT2D eigenvalue weighted by Crippen LogP contribution is 2.20. The zero-order valence-corrected chi connectivity index (χ0v) is 20.5. The van der Waals surface area contributed by atoms with E-state index in [2.05, 4.69) is 15.5 Å². The van der Waals surface area contributed by atoms with Crippen molar-refractivity contribution in [3.8, 4) is 0 Å². The highest BCUT2D eigenvalue weighted by atomic mass is 127. The molecule has 0 aliphatic carbocycles. The van der Waals surface area contributed by atoms with Crippen molar-refractivity contribution >= 4 is 47.4 Å². The molecule has 2 fully saturated rings. The van der Waals surface area contributed by atoms with Crippen LogP contribution in [0.1, 0.15) is 44.6 Å². The summed E-state index contributed by atoms with van der Waals surface area (Å²) in [4.78, 5) is 30.6. The van der Waals surface area contributed by atoms with Crippen LogP contribution in [0, 0.1) is 5.92 Å². The number of hydrogen-bond donors (Lipinski definition) is 3. The van der Waals surface area contributed by atoms with Crippen LogP contribution in [0.2, 0.25) is 0 Å². The number of rotatable bonds is 7. The van der Waals surface area contributed by atoms with E-state index in [-0.39, 0.29) is 47.8 Å². The SMILES string of the molecule is CCNC(=NCc1cccc(NC(=O)C2CCCO2)c1)N1CCCC(CC(N)=O)C1.I. The fraction of sp³-hybridized carbons (Fsp3) is 0.591. The lowest BCUT2D eigenvalue weighted by molar-refractivity contribution is -0.124. The lowest BCUT2D eigenvalue weighted by Gasteiger charge is -2.34. The molecule has 9 heteroatoms. The summed E-state index contributed by atoms with van der Waals surface area (Å²) in [5.41, 5.74) is 7.16. The molecule has 0 bridgehead atoms. The smallest absolute Gasteiger partial charge is 0.253 e. The standard InChI is InChI=1S/C22H33N5O3.HI/c1-2-24-22(27-10-4-7-17(15-27)13-20(23)28)25-14-16-6-3-8-18(12-16)26-21(29)19-9-5-11-30-19;/h3,6,8,12,17,19H,2,4-5,7,9-11,13-15H2,1H3,(H2,23,28)(H,24,25)(H,26,29);1H. The minimum atomic E-state index is -0.348. The third kappa shape index (κ3) is 7.95. The number of carbonyl (C=O) groups is 2. The fourth-order valence-corrected chi connectivity index (χ4v) is 4.06. The van der Waals surface area contributed by atoms with Gasteiger partial charge in [0.15, 0.2) is 5.96 Å². The van der Waals surface area contributed by atoms with Gasteiger partial charge >= 0.3 is 0 Å². The van der Waals surface area contributed by atoms with E-state index in [0.29, 0.717) is 19.6 Å². The number of nitrogens with two attached hydrogens (primary N) is 1. The molecule has 2 unspecified atom stereocenters. The molecular weight excluding hydrogens is 509 g/mol. The second-order valence-corrected chi connectivity index (χ2v) is 7.99. The number of guanidine groups is 1. The largest absolute Gasteiger partial charge is 0.370 e. The van der Waals surface area contributed by atoms with E-state index in [0.717, 1.165) is 62.5 Å². The first-order valence-corrected chi connectivity index (χ1v) is 10.9. The Kier molecular flexibility index (Phi) is 10.5. The molecular formula is C22H34IN5O3. The first-order chi connectivity index (χ1) is 14.5. The average Bonchev–Trinajstić information content (AvgIpc) is 3.26. The first-order valence-electron chi connectivity index (χ1n) is 10.9. The Morgan fingerprint density at radius 1 is 1.29 bits per heavy atom. The maximum atomic E-state index is 12.3. The van der Waals surface area contributed by atoms with Gasteiger partial charge in [-0.1, -0.05) is 12.1 Å². The van der Waals surface area contributed by atoms with Gasteiger partial charge in [-0.3, -0.25) is 9.59 Å². The normalized spacial score (nSPS) is 21.3. The number of piperidine rings is 1. The average molecular weight is 543 g/mol. The predicted molar refractivity (Wildman–Crippen MR) is 132 cm³/mol. The number of amides is 2. The second kappa shape index (κ2) is 12.8. The Bertz CT molecular complexity index is 767. The molecule has 172 valence electrons. The van der Waals surface area contributed by atoms with Gasteiger partial charge in [0.25, 0.3) is 5.91 Å². The maximum Gasteiger partial charge on any atom is 0.253 e. The lowest BCUT2D eigenvalue weighted by atomic mass is 9.95. The Morgan fingerprint density at radius 2 is 2.13 bits per heavy atom. The zero-order valence-electron chi connectivity index (χ0n) is 18.1. The van der Waals surface area contributed by atoms with Crippen molar-refractivity contribution in [2.24, 2.45) is 16.6 Å². The number of hydrogen-bond acceptors (Lipinski definition) is 4. The van der Waals surface area contributed by atoms with Crippen LogP contribution in [0.3, 0.4) is 0 Å². The van der Waals surface area contributed by atoms with Crippen LogP contribution in [0.5, 0.6) is 0 Å². The van der Waals surface area contributed by atoms with Gasteiger partial charge in [-0.05, 0) is 56.2 Å². The molecule has 2 aliphatic heterocycles. The highest BCUT2D eigenvalue weighted by molar-refractivity contribution is 14.0. The Morgan fingerprint density at radius 3 is 2.84 bits per heavy atom. The molecule has 2 atom stereocenters. The van der Waals surface area contributed by atoms with E-state index in [1.54, 1.807) is 0 Å². The molecule has 0 aromatic heterocycles. The molecule has 1 aromatic rings. The van der Waals surface area contributed by atoms with Gasteiger partial charge in [0.2, 0.25) is 5.91 Å². The summed E-state index contributed by atoms with van der Waals surface area (Å²) in [5, 5.41) is 6.30. The monoisotopic (exact) mass is 543 g/mol. The van der Waals surface area contributed by atoms with Crippen molar-refractivity contribution in [3.63, 3.8) is 0 Å². The van der Waals surface area contributed by atoms with Crippen LogP contribution in [-0.2, 0) is 20.9 Å². The van der Waals surface area contributed by atoms with E-state index in [4.69, 9.17) is 15.5 Å². The van der Waals surface area contributed by atoms with Crippen molar-refractivity contribution in [2.75, 3.05) is 31.6 Å². The summed E-state index contributed by atoms with van der Waals surface area (Å²) in [6, 6.07) is 7.75. The summed E-state index contributed by atoms with van der Waals surface area (Å²) in [5.74, 6) is 0.790. The lowest BCUT2D eigenvalue weighted by Crippen LogP contribution is -2.47. The minimum Gasteiger partial charge on any atom is -0.370 e. The van der Waals surface area contributed by atoms with Crippen LogP contribution >= 0.6 is 24.0 Å². The maximum absolute atomic E-state index is 12.3. The fourth-order valence-electron chi connectivity index (χ4n) is 4.06. The number of nitrogens with zero attached hydrogens (tertiary/aromatic N) is 2. The van der Waals surface area contributed by atoms with E-state index >= 15 is 0 Å². The van der Waals surface area contributed by atoms with Crippen LogP contribution in [0.25, 0.3) is 0 Å². The number of likely N-dealkylation sites (tertiary alicyclic amines) is 1. The molecule has 8 nitrogen and oxygen atoms in total. The minimum absolute atomic E-state index is 0. The Balaban J connectivity index is 0.00000341. The van der Waals surface area contributed by atoms with Crippen LogP contribution in [0.15, 0.2) is 29.3 Å². The quantitative estimate of drug-likeness (QED) is 0.278. The molecule has 2 heterocycles. The number of nitrogens with one attached hydrogen (secondary N) is 2.